The molecule has 1 aliphatic carbocycles. The fourth-order valence-corrected chi connectivity index (χ4v) is 2.27. The molecule has 0 saturated heterocycles. The normalized spacial score (nSPS) is 16.1. The van der Waals surface area contributed by atoms with Crippen LogP contribution in [-0.2, 0) is 11.2 Å². The number of alkyl halides is 1. The van der Waals surface area contributed by atoms with Gasteiger partial charge in [-0.25, -0.2) is 0 Å². The molecule has 4 heteroatoms. The number of nitrogens with one attached hydrogen (secondary N) is 1. The van der Waals surface area contributed by atoms with E-state index < -0.39 is 0 Å². The minimum Gasteiger partial charge on any atom is -0.496 e. The second-order valence-corrected chi connectivity index (χ2v) is 5.17. The number of rotatable bonds is 6. The first kappa shape index (κ1) is 13.2. The Morgan fingerprint density at radius 1 is 1.44 bits per heavy atom. The monoisotopic (exact) mass is 267 g/mol. The fraction of sp³-hybridized carbons (Fsp3) is 0.500. The van der Waals surface area contributed by atoms with Crippen molar-refractivity contribution >= 4 is 17.5 Å². The summed E-state index contributed by atoms with van der Waals surface area (Å²) < 4.78 is 5.22. The summed E-state index contributed by atoms with van der Waals surface area (Å²) in [6, 6.07) is 7.58. The molecule has 0 heterocycles. The molecule has 1 saturated carbocycles. The number of hydrogen-bond acceptors (Lipinski definition) is 2. The third-order valence-electron chi connectivity index (χ3n) is 3.44. The molecular weight excluding hydrogens is 250 g/mol. The summed E-state index contributed by atoms with van der Waals surface area (Å²) in [6.07, 6.45) is 2.58. The summed E-state index contributed by atoms with van der Waals surface area (Å²) in [5, 5.41) is 2.96. The van der Waals surface area contributed by atoms with Crippen molar-refractivity contribution in [1.82, 2.24) is 5.32 Å². The van der Waals surface area contributed by atoms with E-state index in [9.17, 15) is 4.79 Å². The smallest absolute Gasteiger partial charge is 0.224 e. The average Bonchev–Trinajstić information content (AvgIpc) is 3.18. The van der Waals surface area contributed by atoms with Crippen molar-refractivity contribution in [3.8, 4) is 5.75 Å². The number of hydrogen-bond donors (Lipinski definition) is 1. The number of amides is 1. The minimum atomic E-state index is 0.0240. The Hall–Kier alpha value is -1.22. The maximum atomic E-state index is 11.9. The van der Waals surface area contributed by atoms with Crippen LogP contribution in [0.4, 0.5) is 0 Å². The summed E-state index contributed by atoms with van der Waals surface area (Å²) in [5.41, 5.74) is 1.08. The number of halogens is 1. The molecule has 0 atom stereocenters. The number of carbonyl (C=O) groups excluding carboxylic acids is 1. The molecule has 1 fully saturated rings. The summed E-state index contributed by atoms with van der Waals surface area (Å²) >= 11 is 5.88. The first-order valence-electron chi connectivity index (χ1n) is 6.14. The van der Waals surface area contributed by atoms with Gasteiger partial charge in [0, 0.05) is 23.4 Å². The molecule has 1 aromatic rings. The van der Waals surface area contributed by atoms with Gasteiger partial charge in [0.25, 0.3) is 0 Å². The van der Waals surface area contributed by atoms with E-state index in [2.05, 4.69) is 5.32 Å². The molecular formula is C14H18ClNO2. The highest BCUT2D eigenvalue weighted by Gasteiger charge is 2.41. The van der Waals surface area contributed by atoms with E-state index in [-0.39, 0.29) is 11.3 Å². The van der Waals surface area contributed by atoms with Gasteiger partial charge in [0.1, 0.15) is 5.75 Å². The van der Waals surface area contributed by atoms with E-state index in [4.69, 9.17) is 16.3 Å². The summed E-state index contributed by atoms with van der Waals surface area (Å²) in [7, 11) is 1.61. The van der Waals surface area contributed by atoms with Crippen LogP contribution < -0.4 is 10.1 Å². The van der Waals surface area contributed by atoms with E-state index in [1.54, 1.807) is 7.11 Å². The van der Waals surface area contributed by atoms with Gasteiger partial charge in [-0.15, -0.1) is 11.6 Å². The summed E-state index contributed by atoms with van der Waals surface area (Å²) in [5.74, 6) is 1.41. The van der Waals surface area contributed by atoms with Crippen molar-refractivity contribution in [1.29, 1.82) is 0 Å². The van der Waals surface area contributed by atoms with Crippen molar-refractivity contribution in [3.05, 3.63) is 29.8 Å². The predicted octanol–water partition coefficient (Wildman–Crippen LogP) is 2.37. The average molecular weight is 268 g/mol. The van der Waals surface area contributed by atoms with Gasteiger partial charge >= 0.3 is 0 Å². The molecule has 1 aliphatic rings. The maximum absolute atomic E-state index is 11.9. The minimum absolute atomic E-state index is 0.0240. The molecule has 2 rings (SSSR count). The van der Waals surface area contributed by atoms with Gasteiger partial charge in [0.2, 0.25) is 5.91 Å². The zero-order valence-electron chi connectivity index (χ0n) is 10.5. The third-order valence-corrected chi connectivity index (χ3v) is 4.01. The lowest BCUT2D eigenvalue weighted by molar-refractivity contribution is -0.120. The molecule has 0 aliphatic heterocycles. The fourth-order valence-electron chi connectivity index (χ4n) is 1.90. The largest absolute Gasteiger partial charge is 0.496 e. The molecule has 1 amide bonds. The molecule has 98 valence electrons. The van der Waals surface area contributed by atoms with Crippen molar-refractivity contribution in [2.24, 2.45) is 5.41 Å². The quantitative estimate of drug-likeness (QED) is 0.804. The highest BCUT2D eigenvalue weighted by atomic mass is 35.5. The van der Waals surface area contributed by atoms with Crippen LogP contribution in [0.15, 0.2) is 24.3 Å². The lowest BCUT2D eigenvalue weighted by Crippen LogP contribution is -2.32. The number of ether oxygens (including phenoxy) is 1. The van der Waals surface area contributed by atoms with Crippen LogP contribution >= 0.6 is 11.6 Å². The van der Waals surface area contributed by atoms with E-state index >= 15 is 0 Å². The van der Waals surface area contributed by atoms with Gasteiger partial charge in [-0.05, 0) is 18.9 Å². The van der Waals surface area contributed by atoms with Crippen LogP contribution in [0.1, 0.15) is 18.4 Å². The lowest BCUT2D eigenvalue weighted by atomic mass is 10.1. The highest BCUT2D eigenvalue weighted by molar-refractivity contribution is 6.18. The molecule has 1 N–H and O–H groups in total. The maximum Gasteiger partial charge on any atom is 0.224 e. The summed E-state index contributed by atoms with van der Waals surface area (Å²) in [4.78, 5) is 11.9. The van der Waals surface area contributed by atoms with Gasteiger partial charge in [-0.1, -0.05) is 18.2 Å². The summed E-state index contributed by atoms with van der Waals surface area (Å²) in [6.45, 7) is 0.685. The Labute approximate surface area is 112 Å². The van der Waals surface area contributed by atoms with Gasteiger partial charge in [0.05, 0.1) is 13.5 Å². The second-order valence-electron chi connectivity index (χ2n) is 4.90. The molecule has 18 heavy (non-hydrogen) atoms. The second kappa shape index (κ2) is 5.61. The van der Waals surface area contributed by atoms with Crippen LogP contribution in [0.5, 0.6) is 5.75 Å². The Kier molecular flexibility index (Phi) is 4.12. The van der Waals surface area contributed by atoms with E-state index in [1.807, 2.05) is 24.3 Å². The van der Waals surface area contributed by atoms with Crippen molar-refractivity contribution in [2.45, 2.75) is 19.3 Å². The molecule has 0 spiro atoms. The first-order chi connectivity index (χ1) is 8.69. The molecule has 1 aromatic carbocycles. The van der Waals surface area contributed by atoms with Crippen LogP contribution in [0.3, 0.4) is 0 Å². The van der Waals surface area contributed by atoms with Gasteiger partial charge in [-0.3, -0.25) is 4.79 Å². The SMILES string of the molecule is COc1ccccc1CC(=O)NCC1(CCl)CC1. The lowest BCUT2D eigenvalue weighted by Gasteiger charge is -2.13. The van der Waals surface area contributed by atoms with Gasteiger partial charge in [-0.2, -0.15) is 0 Å². The van der Waals surface area contributed by atoms with Crippen molar-refractivity contribution in [3.63, 3.8) is 0 Å². The zero-order chi connectivity index (χ0) is 13.0. The Balaban J connectivity index is 1.87. The van der Waals surface area contributed by atoms with E-state index in [0.29, 0.717) is 18.8 Å². The predicted molar refractivity (Wildman–Crippen MR) is 72.1 cm³/mol. The number of para-hydroxylation sites is 1. The molecule has 0 radical (unpaired) electrons. The van der Waals surface area contributed by atoms with E-state index in [1.165, 1.54) is 0 Å². The van der Waals surface area contributed by atoms with Gasteiger partial charge in [0.15, 0.2) is 0 Å². The Bertz CT molecular complexity index is 430. The molecule has 0 unspecified atom stereocenters. The van der Waals surface area contributed by atoms with Crippen LogP contribution in [0.2, 0.25) is 0 Å². The Morgan fingerprint density at radius 3 is 2.78 bits per heavy atom. The molecule has 0 aromatic heterocycles. The highest BCUT2D eigenvalue weighted by Crippen LogP contribution is 2.45. The topological polar surface area (TPSA) is 38.3 Å². The Morgan fingerprint density at radius 2 is 2.17 bits per heavy atom. The van der Waals surface area contributed by atoms with Gasteiger partial charge < -0.3 is 10.1 Å². The van der Waals surface area contributed by atoms with Crippen molar-refractivity contribution in [2.75, 3.05) is 19.5 Å². The molecule has 3 nitrogen and oxygen atoms in total. The standard InChI is InChI=1S/C14H18ClNO2/c1-18-12-5-3-2-4-11(12)8-13(17)16-10-14(9-15)6-7-14/h2-5H,6-10H2,1H3,(H,16,17). The van der Waals surface area contributed by atoms with Crippen LogP contribution in [0, 0.1) is 5.41 Å². The number of benzene rings is 1. The van der Waals surface area contributed by atoms with Crippen molar-refractivity contribution < 1.29 is 9.53 Å². The number of methoxy groups -OCH3 is 1. The van der Waals surface area contributed by atoms with E-state index in [0.717, 1.165) is 24.2 Å². The zero-order valence-corrected chi connectivity index (χ0v) is 11.3. The van der Waals surface area contributed by atoms with Crippen LogP contribution in [-0.4, -0.2) is 25.4 Å². The third kappa shape index (κ3) is 3.16. The molecule has 0 bridgehead atoms. The van der Waals surface area contributed by atoms with Crippen LogP contribution in [0.25, 0.3) is 0 Å². The first-order valence-corrected chi connectivity index (χ1v) is 6.67. The number of carbonyl (C=O) groups is 1.